The number of ether oxygens (including phenoxy) is 3. The quantitative estimate of drug-likeness (QED) is 0.0746. The minimum Gasteiger partial charge on any atom is -0.490 e. The Bertz CT molecular complexity index is 2830. The van der Waals surface area contributed by atoms with Gasteiger partial charge in [-0.2, -0.15) is 0 Å². The molecule has 0 bridgehead atoms. The normalized spacial score (nSPS) is 21.0. The van der Waals surface area contributed by atoms with Gasteiger partial charge in [-0.05, 0) is 106 Å². The summed E-state index contributed by atoms with van der Waals surface area (Å²) in [4.78, 5) is 46.3. The Balaban J connectivity index is 0.993. The fraction of sp³-hybridized carbons (Fsp3) is 0.472. The third-order valence-electron chi connectivity index (χ3n) is 14.7. The van der Waals surface area contributed by atoms with Gasteiger partial charge in [-0.25, -0.2) is 19.2 Å². The van der Waals surface area contributed by atoms with E-state index in [4.69, 9.17) is 29.9 Å². The van der Waals surface area contributed by atoms with Crippen molar-refractivity contribution in [3.05, 3.63) is 96.1 Å². The highest BCUT2D eigenvalue weighted by molar-refractivity contribution is 5.93. The molecule has 16 heteroatoms. The fourth-order valence-electron chi connectivity index (χ4n) is 10.9. The zero-order valence-electron chi connectivity index (χ0n) is 40.1. The van der Waals surface area contributed by atoms with Crippen molar-refractivity contribution in [1.82, 2.24) is 39.6 Å². The molecule has 10 rings (SSSR count). The minimum atomic E-state index is -0.814. The Morgan fingerprint density at radius 1 is 0.855 bits per heavy atom. The number of rotatable bonds is 13. The van der Waals surface area contributed by atoms with Gasteiger partial charge in [0, 0.05) is 41.2 Å². The van der Waals surface area contributed by atoms with Gasteiger partial charge < -0.3 is 49.8 Å². The molecule has 3 aliphatic heterocycles. The van der Waals surface area contributed by atoms with Crippen LogP contribution < -0.4 is 20.5 Å². The summed E-state index contributed by atoms with van der Waals surface area (Å²) in [6, 6.07) is 18.0. The summed E-state index contributed by atoms with van der Waals surface area (Å²) in [5.74, 6) is 1.88. The van der Waals surface area contributed by atoms with E-state index in [2.05, 4.69) is 25.9 Å². The number of amides is 2. The van der Waals surface area contributed by atoms with E-state index in [1.165, 1.54) is 19.6 Å². The van der Waals surface area contributed by atoms with E-state index in [9.17, 15) is 14.7 Å². The highest BCUT2D eigenvalue weighted by Gasteiger charge is 2.39. The number of likely N-dealkylation sites (tertiary alicyclic amines) is 2. The molecule has 3 aromatic carbocycles. The zero-order chi connectivity index (χ0) is 48.1. The first-order valence-electron chi connectivity index (χ1n) is 24.7. The molecule has 6 unspecified atom stereocenters. The summed E-state index contributed by atoms with van der Waals surface area (Å²) in [7, 11) is 1.29. The average Bonchev–Trinajstić information content (AvgIpc) is 4.22. The second kappa shape index (κ2) is 19.3. The predicted octanol–water partition coefficient (Wildman–Crippen LogP) is 9.36. The Morgan fingerprint density at radius 3 is 2.32 bits per heavy atom. The molecule has 6 atom stereocenters. The van der Waals surface area contributed by atoms with Crippen LogP contribution in [-0.4, -0.2) is 96.0 Å². The van der Waals surface area contributed by atoms with E-state index in [0.29, 0.717) is 53.0 Å². The van der Waals surface area contributed by atoms with Gasteiger partial charge in [0.15, 0.2) is 0 Å². The molecule has 6 N–H and O–H groups in total. The molecule has 0 spiro atoms. The molecule has 6 heterocycles. The van der Waals surface area contributed by atoms with Gasteiger partial charge in [-0.1, -0.05) is 52.3 Å². The van der Waals surface area contributed by atoms with Crippen molar-refractivity contribution in [3.63, 3.8) is 0 Å². The van der Waals surface area contributed by atoms with Gasteiger partial charge in [0.25, 0.3) is 0 Å². The van der Waals surface area contributed by atoms with Crippen molar-refractivity contribution in [2.24, 2.45) is 17.6 Å². The monoisotopic (exact) mass is 941 g/mol. The van der Waals surface area contributed by atoms with Crippen molar-refractivity contribution in [3.8, 4) is 45.3 Å². The summed E-state index contributed by atoms with van der Waals surface area (Å²) < 4.78 is 37.4. The number of hydrogen-bond donors (Lipinski definition) is 5. The van der Waals surface area contributed by atoms with Crippen molar-refractivity contribution < 1.29 is 33.3 Å². The highest BCUT2D eigenvalue weighted by atomic mass is 19.1. The molecule has 4 aliphatic rings. The van der Waals surface area contributed by atoms with Crippen LogP contribution in [0.2, 0.25) is 0 Å². The first kappa shape index (κ1) is 46.5. The highest BCUT2D eigenvalue weighted by Crippen LogP contribution is 2.48. The first-order chi connectivity index (χ1) is 33.4. The predicted molar refractivity (Wildman–Crippen MR) is 261 cm³/mol. The SMILES string of the molecule is COC(=O)NC(C(=O)N1CCCC1c1ncc(-c2ccc3c(c2)cc2n3C(c3cccc(OC4CCCCC4)c3)Oc3cc(-c4cnc(C5CCCN5C(O)C(N)C(C)C)[nH]4)cc(F)c3-2)[nH]1)C(C)C. The number of imidazole rings is 2. The smallest absolute Gasteiger partial charge is 0.407 e. The van der Waals surface area contributed by atoms with Crippen LogP contribution in [-0.2, 0) is 9.53 Å². The molecule has 3 aromatic heterocycles. The maximum absolute atomic E-state index is 17.0. The number of nitrogens with zero attached hydrogens (tertiary/aromatic N) is 5. The van der Waals surface area contributed by atoms with E-state index in [0.717, 1.165) is 84.8 Å². The van der Waals surface area contributed by atoms with E-state index < -0.39 is 36.4 Å². The lowest BCUT2D eigenvalue weighted by Gasteiger charge is -2.33. The Labute approximate surface area is 401 Å². The number of benzene rings is 3. The van der Waals surface area contributed by atoms with Crippen molar-refractivity contribution >= 4 is 22.9 Å². The van der Waals surface area contributed by atoms with Crippen molar-refractivity contribution in [2.75, 3.05) is 20.2 Å². The van der Waals surface area contributed by atoms with Crippen LogP contribution in [0.15, 0.2) is 73.1 Å². The van der Waals surface area contributed by atoms with Crippen LogP contribution in [0.25, 0.3) is 44.7 Å². The Kier molecular flexibility index (Phi) is 13.0. The lowest BCUT2D eigenvalue weighted by atomic mass is 9.98. The molecule has 1 aliphatic carbocycles. The molecule has 15 nitrogen and oxygen atoms in total. The first-order valence-corrected chi connectivity index (χ1v) is 24.7. The number of H-pyrrole nitrogens is 2. The largest absolute Gasteiger partial charge is 0.490 e. The summed E-state index contributed by atoms with van der Waals surface area (Å²) in [5, 5.41) is 14.8. The Hall–Kier alpha value is -6.23. The second-order valence-electron chi connectivity index (χ2n) is 20.0. The molecule has 364 valence electrons. The number of hydrogen-bond acceptors (Lipinski definition) is 10. The van der Waals surface area contributed by atoms with E-state index in [1.54, 1.807) is 17.3 Å². The maximum Gasteiger partial charge on any atom is 0.407 e. The lowest BCUT2D eigenvalue weighted by Crippen LogP contribution is -2.51. The zero-order valence-corrected chi connectivity index (χ0v) is 40.1. The average molecular weight is 942 g/mol. The number of halogens is 1. The van der Waals surface area contributed by atoms with Gasteiger partial charge in [0.1, 0.15) is 41.2 Å². The molecular weight excluding hydrogens is 878 g/mol. The molecule has 69 heavy (non-hydrogen) atoms. The number of nitrogens with one attached hydrogen (secondary N) is 3. The number of nitrogens with two attached hydrogens (primary N) is 1. The van der Waals surface area contributed by atoms with Gasteiger partial charge in [0.05, 0.1) is 65.9 Å². The van der Waals surface area contributed by atoms with E-state index in [-0.39, 0.29) is 35.9 Å². The van der Waals surface area contributed by atoms with E-state index in [1.807, 2.05) is 81.1 Å². The number of aromatic amines is 2. The second-order valence-corrected chi connectivity index (χ2v) is 20.0. The molecule has 3 fully saturated rings. The van der Waals surface area contributed by atoms with Crippen LogP contribution in [0.1, 0.15) is 121 Å². The number of carbonyl (C=O) groups excluding carboxylic acids is 2. The minimum absolute atomic E-state index is 0.101. The molecular formula is C53H64FN9O6. The Morgan fingerprint density at radius 2 is 1.58 bits per heavy atom. The third kappa shape index (κ3) is 8.98. The van der Waals surface area contributed by atoms with Crippen LogP contribution in [0.5, 0.6) is 11.5 Å². The number of aliphatic hydroxyl groups is 1. The topological polar surface area (TPSA) is 189 Å². The number of fused-ring (bicyclic) bond motifs is 5. The van der Waals surface area contributed by atoms with Gasteiger partial charge in [0.2, 0.25) is 12.1 Å². The van der Waals surface area contributed by atoms with Crippen LogP contribution in [0.3, 0.4) is 0 Å². The standard InChI is InChI=1S/C53H64FN9O6/c1-29(2)46(55)50(64)61-20-10-16-41(61)48-57-28-39(59-48)33-24-37(54)45-43-25-34-22-31(38-27-56-49(58-38)42-17-11-21-62(42)51(65)47(30(3)4)60-53(66)67-5)18-19-40(34)63(43)52(69-44(45)26-33)32-12-9-15-36(23-32)68-35-13-7-6-8-14-35/h9,12,15,18-19,22-30,35,41-42,46-47,50,52,64H,6-8,10-11,13-14,16-17,20-21,55H2,1-5H3,(H,56,58)(H,57,59)(H,60,66). The summed E-state index contributed by atoms with van der Waals surface area (Å²) in [6.45, 7) is 9.06. The van der Waals surface area contributed by atoms with Crippen molar-refractivity contribution in [2.45, 2.75) is 128 Å². The van der Waals surface area contributed by atoms with Gasteiger partial charge in [-0.15, -0.1) is 0 Å². The van der Waals surface area contributed by atoms with Crippen LogP contribution in [0.4, 0.5) is 9.18 Å². The number of aliphatic hydroxyl groups excluding tert-OH is 1. The molecule has 2 saturated heterocycles. The van der Waals surface area contributed by atoms with Gasteiger partial charge >= 0.3 is 6.09 Å². The lowest BCUT2D eigenvalue weighted by molar-refractivity contribution is -0.135. The molecule has 1 saturated carbocycles. The van der Waals surface area contributed by atoms with Crippen LogP contribution in [0, 0.1) is 17.7 Å². The summed E-state index contributed by atoms with van der Waals surface area (Å²) in [5.41, 5.74) is 12.0. The van der Waals surface area contributed by atoms with Crippen LogP contribution >= 0.6 is 0 Å². The van der Waals surface area contributed by atoms with Gasteiger partial charge in [-0.3, -0.25) is 9.69 Å². The fourth-order valence-corrected chi connectivity index (χ4v) is 10.9. The summed E-state index contributed by atoms with van der Waals surface area (Å²) in [6.07, 6.45) is 10.4. The number of alkyl carbamates (subject to hydrolysis) is 1. The number of methoxy groups -OCH3 is 1. The third-order valence-corrected chi connectivity index (χ3v) is 14.7. The van der Waals surface area contributed by atoms with Crippen molar-refractivity contribution in [1.29, 1.82) is 0 Å². The number of aromatic nitrogens is 5. The molecule has 0 radical (unpaired) electrons. The number of carbonyl (C=O) groups is 2. The molecule has 6 aromatic rings. The van der Waals surface area contributed by atoms with E-state index >= 15 is 4.39 Å². The maximum atomic E-state index is 17.0. The molecule has 2 amide bonds. The summed E-state index contributed by atoms with van der Waals surface area (Å²) >= 11 is 0.